The quantitative estimate of drug-likeness (QED) is 0.235. The monoisotopic (exact) mass is 402 g/mol. The Hall–Kier alpha value is -1.03. The first-order valence-corrected chi connectivity index (χ1v) is 11.1. The molecule has 2 rings (SSSR count). The molecule has 0 aromatic heterocycles. The number of hydrogen-bond donors (Lipinski definition) is 4. The van der Waals surface area contributed by atoms with Crippen molar-refractivity contribution in [2.75, 3.05) is 51.8 Å². The summed E-state index contributed by atoms with van der Waals surface area (Å²) >= 11 is 1.92. The van der Waals surface area contributed by atoms with Gasteiger partial charge in [0.25, 0.3) is 0 Å². The Morgan fingerprint density at radius 3 is 2.70 bits per heavy atom. The number of nitrogens with one attached hydrogen (secondary N) is 4. The number of carbonyl (C=O) groups excluding carboxylic acids is 2. The maximum atomic E-state index is 11.8. The summed E-state index contributed by atoms with van der Waals surface area (Å²) < 4.78 is 10.8. The third kappa shape index (κ3) is 8.68. The highest BCUT2D eigenvalue weighted by atomic mass is 32.2. The van der Waals surface area contributed by atoms with Gasteiger partial charge in [-0.3, -0.25) is 4.79 Å². The van der Waals surface area contributed by atoms with Gasteiger partial charge in [0, 0.05) is 30.5 Å². The van der Waals surface area contributed by atoms with Gasteiger partial charge in [-0.15, -0.1) is 0 Å². The molecule has 2 aliphatic heterocycles. The zero-order chi connectivity index (χ0) is 19.3. The topological polar surface area (TPSA) is 101 Å². The van der Waals surface area contributed by atoms with E-state index in [0.717, 1.165) is 38.1 Å². The Bertz CT molecular complexity index is 455. The van der Waals surface area contributed by atoms with Gasteiger partial charge in [0.1, 0.15) is 0 Å². The number of fused-ring (bicyclic) bond motifs is 1. The molecule has 0 saturated carbocycles. The van der Waals surface area contributed by atoms with E-state index in [1.807, 2.05) is 11.8 Å². The molecule has 3 unspecified atom stereocenters. The number of likely N-dealkylation sites (N-methyl/N-ethyl adjacent to an activating group) is 1. The van der Waals surface area contributed by atoms with Gasteiger partial charge in [0.15, 0.2) is 0 Å². The van der Waals surface area contributed by atoms with E-state index in [-0.39, 0.29) is 24.0 Å². The fraction of sp³-hybridized carbons (Fsp3) is 0.889. The Morgan fingerprint density at radius 1 is 1.15 bits per heavy atom. The molecular formula is C18H34N4O4S. The molecule has 0 aromatic carbocycles. The SMILES string of the molecule is CCNCCOCCOCCNC(=O)CCCCC1SCC2NC(=O)NC21. The minimum Gasteiger partial charge on any atom is -0.378 e. The summed E-state index contributed by atoms with van der Waals surface area (Å²) in [7, 11) is 0. The molecule has 3 atom stereocenters. The third-order valence-corrected chi connectivity index (χ3v) is 6.20. The first kappa shape index (κ1) is 22.3. The van der Waals surface area contributed by atoms with Crippen LogP contribution < -0.4 is 21.3 Å². The number of amides is 3. The number of thioether (sulfide) groups is 1. The fourth-order valence-corrected chi connectivity index (χ4v) is 4.81. The standard InChI is InChI=1S/C18H34N4O4S/c1-2-19-7-9-25-11-12-26-10-8-20-16(23)6-4-3-5-15-17-14(13-27-15)21-18(24)22-17/h14-15,17,19H,2-13H2,1H3,(H,20,23)(H2,21,22,24). The number of carbonyl (C=O) groups is 2. The molecular weight excluding hydrogens is 368 g/mol. The Kier molecular flexibility index (Phi) is 10.9. The van der Waals surface area contributed by atoms with E-state index in [1.54, 1.807) is 0 Å². The van der Waals surface area contributed by atoms with Crippen molar-refractivity contribution in [1.82, 2.24) is 21.3 Å². The van der Waals surface area contributed by atoms with Crippen LogP contribution in [-0.2, 0) is 14.3 Å². The van der Waals surface area contributed by atoms with Gasteiger partial charge in [-0.05, 0) is 19.4 Å². The molecule has 156 valence electrons. The predicted molar refractivity (Wildman–Crippen MR) is 107 cm³/mol. The van der Waals surface area contributed by atoms with E-state index in [1.165, 1.54) is 0 Å². The van der Waals surface area contributed by atoms with Gasteiger partial charge in [-0.25, -0.2) is 4.79 Å². The zero-order valence-corrected chi connectivity index (χ0v) is 17.1. The van der Waals surface area contributed by atoms with E-state index >= 15 is 0 Å². The maximum absolute atomic E-state index is 11.8. The summed E-state index contributed by atoms with van der Waals surface area (Å²) in [5.74, 6) is 1.06. The second-order valence-electron chi connectivity index (χ2n) is 6.80. The lowest BCUT2D eigenvalue weighted by molar-refractivity contribution is -0.121. The molecule has 0 bridgehead atoms. The average Bonchev–Trinajstić information content (AvgIpc) is 3.20. The van der Waals surface area contributed by atoms with Gasteiger partial charge in [-0.2, -0.15) is 11.8 Å². The molecule has 2 saturated heterocycles. The van der Waals surface area contributed by atoms with Gasteiger partial charge >= 0.3 is 6.03 Å². The van der Waals surface area contributed by atoms with E-state index in [9.17, 15) is 9.59 Å². The van der Waals surface area contributed by atoms with Crippen molar-refractivity contribution in [3.8, 4) is 0 Å². The van der Waals surface area contributed by atoms with Crippen LogP contribution in [-0.4, -0.2) is 81.1 Å². The first-order valence-electron chi connectivity index (χ1n) is 10.0. The van der Waals surface area contributed by atoms with E-state index < -0.39 is 0 Å². The van der Waals surface area contributed by atoms with Crippen molar-refractivity contribution in [3.05, 3.63) is 0 Å². The van der Waals surface area contributed by atoms with Crippen LogP contribution in [0.25, 0.3) is 0 Å². The Labute approximate surface area is 166 Å². The summed E-state index contributed by atoms with van der Waals surface area (Å²) in [4.78, 5) is 23.2. The lowest BCUT2D eigenvalue weighted by Crippen LogP contribution is -2.36. The summed E-state index contributed by atoms with van der Waals surface area (Å²) in [5.41, 5.74) is 0. The summed E-state index contributed by atoms with van der Waals surface area (Å²) in [6.45, 7) is 6.75. The summed E-state index contributed by atoms with van der Waals surface area (Å²) in [5, 5.41) is 12.5. The Balaban J connectivity index is 1.36. The Morgan fingerprint density at radius 2 is 1.93 bits per heavy atom. The van der Waals surface area contributed by atoms with Gasteiger partial charge < -0.3 is 30.7 Å². The van der Waals surface area contributed by atoms with E-state index in [2.05, 4.69) is 28.2 Å². The molecule has 2 heterocycles. The normalized spacial score (nSPS) is 23.7. The number of rotatable bonds is 15. The largest absolute Gasteiger partial charge is 0.378 e. The number of ether oxygens (including phenoxy) is 2. The molecule has 0 aromatic rings. The van der Waals surface area contributed by atoms with Crippen LogP contribution in [0, 0.1) is 0 Å². The minimum atomic E-state index is -0.0445. The average molecular weight is 403 g/mol. The number of hydrogen-bond acceptors (Lipinski definition) is 6. The van der Waals surface area contributed by atoms with Gasteiger partial charge in [-0.1, -0.05) is 13.3 Å². The lowest BCUT2D eigenvalue weighted by Gasteiger charge is -2.16. The van der Waals surface area contributed by atoms with Crippen LogP contribution >= 0.6 is 11.8 Å². The van der Waals surface area contributed by atoms with Crippen LogP contribution in [0.3, 0.4) is 0 Å². The lowest BCUT2D eigenvalue weighted by atomic mass is 10.0. The van der Waals surface area contributed by atoms with Gasteiger partial charge in [0.2, 0.25) is 5.91 Å². The van der Waals surface area contributed by atoms with Crippen molar-refractivity contribution in [2.45, 2.75) is 49.9 Å². The molecule has 0 aliphatic carbocycles. The van der Waals surface area contributed by atoms with Crippen molar-refractivity contribution in [1.29, 1.82) is 0 Å². The second-order valence-corrected chi connectivity index (χ2v) is 8.07. The molecule has 3 amide bonds. The molecule has 0 radical (unpaired) electrons. The second kappa shape index (κ2) is 13.2. The third-order valence-electron chi connectivity index (χ3n) is 4.69. The molecule has 2 aliphatic rings. The predicted octanol–water partition coefficient (Wildman–Crippen LogP) is 0.471. The highest BCUT2D eigenvalue weighted by Gasteiger charge is 2.42. The smallest absolute Gasteiger partial charge is 0.315 e. The van der Waals surface area contributed by atoms with Crippen LogP contribution in [0.1, 0.15) is 32.6 Å². The zero-order valence-electron chi connectivity index (χ0n) is 16.3. The van der Waals surface area contributed by atoms with Crippen molar-refractivity contribution >= 4 is 23.7 Å². The minimum absolute atomic E-state index is 0.0445. The van der Waals surface area contributed by atoms with Crippen LogP contribution in [0.5, 0.6) is 0 Å². The number of unbranched alkanes of at least 4 members (excludes halogenated alkanes) is 1. The van der Waals surface area contributed by atoms with Crippen LogP contribution in [0.4, 0.5) is 4.79 Å². The first-order chi connectivity index (χ1) is 13.2. The highest BCUT2D eigenvalue weighted by Crippen LogP contribution is 2.33. The van der Waals surface area contributed by atoms with Gasteiger partial charge in [0.05, 0.1) is 38.5 Å². The van der Waals surface area contributed by atoms with Crippen molar-refractivity contribution < 1.29 is 19.1 Å². The van der Waals surface area contributed by atoms with Crippen LogP contribution in [0.15, 0.2) is 0 Å². The van der Waals surface area contributed by atoms with E-state index in [4.69, 9.17) is 9.47 Å². The maximum Gasteiger partial charge on any atom is 0.315 e. The molecule has 2 fully saturated rings. The van der Waals surface area contributed by atoms with Crippen molar-refractivity contribution in [3.63, 3.8) is 0 Å². The summed E-state index contributed by atoms with van der Waals surface area (Å²) in [6.07, 6.45) is 3.47. The summed E-state index contributed by atoms with van der Waals surface area (Å²) in [6, 6.07) is 0.478. The van der Waals surface area contributed by atoms with Crippen molar-refractivity contribution in [2.24, 2.45) is 0 Å². The molecule has 8 nitrogen and oxygen atoms in total. The fourth-order valence-electron chi connectivity index (χ4n) is 3.27. The molecule has 9 heteroatoms. The molecule has 27 heavy (non-hydrogen) atoms. The van der Waals surface area contributed by atoms with E-state index in [0.29, 0.717) is 44.6 Å². The molecule has 0 spiro atoms. The van der Waals surface area contributed by atoms with Crippen LogP contribution in [0.2, 0.25) is 0 Å². The number of urea groups is 1. The molecule has 4 N–H and O–H groups in total. The highest BCUT2D eigenvalue weighted by molar-refractivity contribution is 8.00.